The van der Waals surface area contributed by atoms with Crippen LogP contribution in [-0.4, -0.2) is 31.3 Å². The molecule has 1 aliphatic rings. The summed E-state index contributed by atoms with van der Waals surface area (Å²) in [5, 5.41) is 12.2. The fourth-order valence-corrected chi connectivity index (χ4v) is 2.46. The molecule has 0 spiro atoms. The van der Waals surface area contributed by atoms with Crippen LogP contribution in [0.15, 0.2) is 18.2 Å². The zero-order chi connectivity index (χ0) is 13.8. The first kappa shape index (κ1) is 13.7. The van der Waals surface area contributed by atoms with E-state index in [0.717, 1.165) is 18.4 Å². The highest BCUT2D eigenvalue weighted by Crippen LogP contribution is 2.33. The van der Waals surface area contributed by atoms with E-state index < -0.39 is 12.0 Å². The van der Waals surface area contributed by atoms with E-state index in [-0.39, 0.29) is 6.04 Å². The molecule has 1 heterocycles. The van der Waals surface area contributed by atoms with Crippen LogP contribution in [0.25, 0.3) is 0 Å². The number of methoxy groups -OCH3 is 2. The molecule has 19 heavy (non-hydrogen) atoms. The summed E-state index contributed by atoms with van der Waals surface area (Å²) in [6.45, 7) is 0. The minimum atomic E-state index is -0.787. The van der Waals surface area contributed by atoms with Gasteiger partial charge in [-0.05, 0) is 37.0 Å². The van der Waals surface area contributed by atoms with Crippen molar-refractivity contribution in [1.29, 1.82) is 0 Å². The van der Waals surface area contributed by atoms with Crippen molar-refractivity contribution in [2.75, 3.05) is 14.2 Å². The first-order valence-corrected chi connectivity index (χ1v) is 6.36. The van der Waals surface area contributed by atoms with Gasteiger partial charge in [0.25, 0.3) is 0 Å². The van der Waals surface area contributed by atoms with Crippen LogP contribution >= 0.6 is 0 Å². The van der Waals surface area contributed by atoms with Crippen molar-refractivity contribution in [2.24, 2.45) is 0 Å². The van der Waals surface area contributed by atoms with E-state index in [0.29, 0.717) is 17.9 Å². The van der Waals surface area contributed by atoms with E-state index in [1.807, 2.05) is 18.2 Å². The molecule has 1 aromatic carbocycles. The summed E-state index contributed by atoms with van der Waals surface area (Å²) >= 11 is 0. The third-order valence-electron chi connectivity index (χ3n) is 3.50. The molecular weight excluding hydrogens is 246 g/mol. The summed E-state index contributed by atoms with van der Waals surface area (Å²) < 4.78 is 10.5. The maximum atomic E-state index is 11.0. The maximum Gasteiger partial charge on any atom is 0.320 e. The smallest absolute Gasteiger partial charge is 0.320 e. The molecule has 1 fully saturated rings. The predicted octanol–water partition coefficient (Wildman–Crippen LogP) is 1.97. The molecule has 0 aromatic heterocycles. The van der Waals surface area contributed by atoms with Crippen molar-refractivity contribution >= 4 is 5.97 Å². The van der Waals surface area contributed by atoms with Crippen LogP contribution in [0.3, 0.4) is 0 Å². The van der Waals surface area contributed by atoms with Crippen molar-refractivity contribution in [3.05, 3.63) is 23.8 Å². The fraction of sp³-hybridized carbons (Fsp3) is 0.500. The van der Waals surface area contributed by atoms with Gasteiger partial charge in [-0.3, -0.25) is 10.1 Å². The van der Waals surface area contributed by atoms with E-state index in [1.54, 1.807) is 14.2 Å². The summed E-state index contributed by atoms with van der Waals surface area (Å²) in [5.74, 6) is 0.557. The molecule has 0 unspecified atom stereocenters. The zero-order valence-electron chi connectivity index (χ0n) is 11.2. The number of aliphatic carboxylic acids is 1. The molecule has 1 saturated heterocycles. The van der Waals surface area contributed by atoms with Crippen LogP contribution < -0.4 is 14.8 Å². The molecule has 5 nitrogen and oxygen atoms in total. The molecule has 2 N–H and O–H groups in total. The topological polar surface area (TPSA) is 67.8 Å². The Balaban J connectivity index is 2.19. The Morgan fingerprint density at radius 1 is 1.26 bits per heavy atom. The Hall–Kier alpha value is -1.75. The van der Waals surface area contributed by atoms with Crippen LogP contribution in [0, 0.1) is 0 Å². The molecule has 5 heteroatoms. The summed E-state index contributed by atoms with van der Waals surface area (Å²) in [6.07, 6.45) is 2.52. The number of carboxylic acid groups (broad SMARTS) is 1. The quantitative estimate of drug-likeness (QED) is 0.871. The molecule has 0 bridgehead atoms. The second kappa shape index (κ2) is 5.93. The number of carboxylic acids is 1. The van der Waals surface area contributed by atoms with Crippen LogP contribution in [-0.2, 0) is 4.79 Å². The minimum absolute atomic E-state index is 0.0506. The molecule has 2 rings (SSSR count). The van der Waals surface area contributed by atoms with Gasteiger partial charge in [-0.25, -0.2) is 0 Å². The van der Waals surface area contributed by atoms with Gasteiger partial charge in [0.1, 0.15) is 6.04 Å². The van der Waals surface area contributed by atoms with Gasteiger partial charge in [0.2, 0.25) is 0 Å². The second-order valence-electron chi connectivity index (χ2n) is 4.66. The molecule has 0 radical (unpaired) electrons. The van der Waals surface area contributed by atoms with E-state index in [9.17, 15) is 4.79 Å². The number of hydrogen-bond acceptors (Lipinski definition) is 4. The summed E-state index contributed by atoms with van der Waals surface area (Å²) in [5.41, 5.74) is 1.03. The third-order valence-corrected chi connectivity index (χ3v) is 3.50. The molecule has 1 aromatic rings. The van der Waals surface area contributed by atoms with Gasteiger partial charge in [-0.15, -0.1) is 0 Å². The summed E-state index contributed by atoms with van der Waals surface area (Å²) in [4.78, 5) is 11.0. The van der Waals surface area contributed by atoms with Gasteiger partial charge in [0.05, 0.1) is 14.2 Å². The highest BCUT2D eigenvalue weighted by atomic mass is 16.5. The van der Waals surface area contributed by atoms with Crippen LogP contribution in [0.2, 0.25) is 0 Å². The van der Waals surface area contributed by atoms with E-state index in [2.05, 4.69) is 5.32 Å². The van der Waals surface area contributed by atoms with Crippen molar-refractivity contribution in [1.82, 2.24) is 5.32 Å². The van der Waals surface area contributed by atoms with Crippen molar-refractivity contribution in [2.45, 2.75) is 31.3 Å². The highest BCUT2D eigenvalue weighted by Gasteiger charge is 2.27. The lowest BCUT2D eigenvalue weighted by molar-refractivity contribution is -0.140. The Morgan fingerprint density at radius 3 is 2.63 bits per heavy atom. The standard InChI is InChI=1S/C14H19NO4/c1-18-12-7-6-9(8-13(12)19-2)10-4-3-5-11(15-10)14(16)17/h6-8,10-11,15H,3-5H2,1-2H3,(H,16,17)/t10-,11+/m1/s1. The SMILES string of the molecule is COc1ccc([C@H]2CCC[C@@H](C(=O)O)N2)cc1OC. The molecule has 0 saturated carbocycles. The lowest BCUT2D eigenvalue weighted by Crippen LogP contribution is -2.42. The Morgan fingerprint density at radius 2 is 2.00 bits per heavy atom. The van der Waals surface area contributed by atoms with Gasteiger partial charge >= 0.3 is 5.97 Å². The predicted molar refractivity (Wildman–Crippen MR) is 70.7 cm³/mol. The van der Waals surface area contributed by atoms with Gasteiger partial charge in [0, 0.05) is 6.04 Å². The first-order valence-electron chi connectivity index (χ1n) is 6.36. The van der Waals surface area contributed by atoms with Crippen molar-refractivity contribution < 1.29 is 19.4 Å². The molecular formula is C14H19NO4. The second-order valence-corrected chi connectivity index (χ2v) is 4.66. The number of ether oxygens (including phenoxy) is 2. The number of hydrogen-bond donors (Lipinski definition) is 2. The van der Waals surface area contributed by atoms with E-state index in [1.165, 1.54) is 0 Å². The largest absolute Gasteiger partial charge is 0.493 e. The lowest BCUT2D eigenvalue weighted by atomic mass is 9.93. The molecule has 0 amide bonds. The van der Waals surface area contributed by atoms with Crippen LogP contribution in [0.4, 0.5) is 0 Å². The third kappa shape index (κ3) is 2.98. The summed E-state index contributed by atoms with van der Waals surface area (Å²) in [7, 11) is 3.19. The van der Waals surface area contributed by atoms with Crippen molar-refractivity contribution in [3.63, 3.8) is 0 Å². The van der Waals surface area contributed by atoms with Gasteiger partial charge in [-0.2, -0.15) is 0 Å². The Kier molecular flexibility index (Phi) is 4.27. The normalized spacial score (nSPS) is 22.8. The monoisotopic (exact) mass is 265 g/mol. The van der Waals surface area contributed by atoms with E-state index >= 15 is 0 Å². The first-order chi connectivity index (χ1) is 9.15. The molecule has 0 aliphatic carbocycles. The average molecular weight is 265 g/mol. The van der Waals surface area contributed by atoms with Crippen molar-refractivity contribution in [3.8, 4) is 11.5 Å². The lowest BCUT2D eigenvalue weighted by Gasteiger charge is -2.29. The highest BCUT2D eigenvalue weighted by molar-refractivity contribution is 5.73. The van der Waals surface area contributed by atoms with Gasteiger partial charge in [-0.1, -0.05) is 6.07 Å². The fourth-order valence-electron chi connectivity index (χ4n) is 2.46. The van der Waals surface area contributed by atoms with Gasteiger partial charge < -0.3 is 14.6 Å². The Labute approximate surface area is 112 Å². The maximum absolute atomic E-state index is 11.0. The summed E-state index contributed by atoms with van der Waals surface area (Å²) in [6, 6.07) is 5.28. The number of nitrogens with one attached hydrogen (secondary N) is 1. The molecule has 104 valence electrons. The number of benzene rings is 1. The Bertz CT molecular complexity index is 461. The van der Waals surface area contributed by atoms with Crippen LogP contribution in [0.5, 0.6) is 11.5 Å². The van der Waals surface area contributed by atoms with E-state index in [4.69, 9.17) is 14.6 Å². The number of piperidine rings is 1. The number of carbonyl (C=O) groups is 1. The zero-order valence-corrected chi connectivity index (χ0v) is 11.2. The number of rotatable bonds is 4. The molecule has 2 atom stereocenters. The average Bonchev–Trinajstić information content (AvgIpc) is 2.46. The molecule has 1 aliphatic heterocycles. The van der Waals surface area contributed by atoms with Gasteiger partial charge in [0.15, 0.2) is 11.5 Å². The minimum Gasteiger partial charge on any atom is -0.493 e. The van der Waals surface area contributed by atoms with Crippen LogP contribution in [0.1, 0.15) is 30.9 Å².